The van der Waals surface area contributed by atoms with Crippen LogP contribution >= 0.6 is 0 Å². The van der Waals surface area contributed by atoms with Crippen LogP contribution < -0.4 is 11.1 Å². The number of hydrogen-bond donors (Lipinski definition) is 0. The molecule has 0 bridgehead atoms. The summed E-state index contributed by atoms with van der Waals surface area (Å²) in [5.41, 5.74) is -11.8. The average Bonchev–Trinajstić information content (AvgIpc) is 3.53. The lowest BCUT2D eigenvalue weighted by Gasteiger charge is -2.04. The van der Waals surface area contributed by atoms with Crippen LogP contribution in [0.15, 0.2) is 8.83 Å². The summed E-state index contributed by atoms with van der Waals surface area (Å²) >= 11 is 0. The Morgan fingerprint density at radius 1 is 0.600 bits per heavy atom. The summed E-state index contributed by atoms with van der Waals surface area (Å²) in [6, 6.07) is 2.56. The Balaban J connectivity index is 2.46. The van der Waals surface area contributed by atoms with E-state index in [-0.39, 0.29) is 0 Å². The average molecular weight is 560 g/mol. The van der Waals surface area contributed by atoms with Crippen molar-refractivity contribution in [3.63, 3.8) is 0 Å². The van der Waals surface area contributed by atoms with E-state index in [0.717, 1.165) is 0 Å². The zero-order chi connectivity index (χ0) is 29.5. The second-order valence-electron chi connectivity index (χ2n) is 6.93. The molecule has 196 valence electrons. The Morgan fingerprint density at radius 3 is 1.30 bits per heavy atom. The smallest absolute Gasteiger partial charge is 0.436 e. The van der Waals surface area contributed by atoms with Crippen LogP contribution in [0.25, 0.3) is 43.6 Å². The number of halogens is 8. The second kappa shape index (κ2) is 9.96. The molecule has 0 saturated heterocycles. The van der Waals surface area contributed by atoms with Crippen LogP contribution in [-0.4, -0.2) is 19.9 Å². The monoisotopic (exact) mass is 560 g/mol. The van der Waals surface area contributed by atoms with E-state index in [0.29, 0.717) is 0 Å². The topological polar surface area (TPSA) is 134 Å². The van der Waals surface area contributed by atoms with Crippen molar-refractivity contribution in [1.29, 1.82) is 10.5 Å². The lowest BCUT2D eigenvalue weighted by Crippen LogP contribution is -2.07. The first kappa shape index (κ1) is 26.9. The Bertz CT molecular complexity index is 1930. The molecule has 0 radical (unpaired) electrons. The van der Waals surface area contributed by atoms with E-state index in [2.05, 4.69) is 29.6 Å². The molecule has 4 heterocycles. The van der Waals surface area contributed by atoms with Gasteiger partial charge in [-0.1, -0.05) is 0 Å². The fraction of sp³-hybridized carbons (Fsp3) is 0. The van der Waals surface area contributed by atoms with E-state index in [1.54, 1.807) is 0 Å². The zero-order valence-corrected chi connectivity index (χ0v) is 18.4. The molecule has 0 spiro atoms. The highest BCUT2D eigenvalue weighted by atomic mass is 19.2. The molecule has 18 heteroatoms. The molecule has 40 heavy (non-hydrogen) atoms. The van der Waals surface area contributed by atoms with Gasteiger partial charge in [0, 0.05) is 0 Å². The van der Waals surface area contributed by atoms with E-state index in [9.17, 15) is 35.1 Å². The van der Waals surface area contributed by atoms with Gasteiger partial charge in [-0.3, -0.25) is 0 Å². The number of nitriles is 2. The maximum atomic E-state index is 14.7. The summed E-state index contributed by atoms with van der Waals surface area (Å²) in [5, 5.41) is 18.3. The molecule has 0 fully saturated rings. The van der Waals surface area contributed by atoms with Gasteiger partial charge in [0.25, 0.3) is 23.8 Å². The molecule has 0 aromatic carbocycles. The molecule has 0 aliphatic rings. The highest BCUT2D eigenvalue weighted by molar-refractivity contribution is 5.71. The normalized spacial score (nSPS) is 11.3. The maximum absolute atomic E-state index is 14.7. The SMILES string of the molecule is [C-]#[N+]C([N+]#[C-])=c1nc(-c2c(F)c(F)nc(F)c2F)/c(=c2\oc(=C(C#N)C#N)nc2-c2c(F)c(F)nc(F)c2F)o1. The van der Waals surface area contributed by atoms with Crippen molar-refractivity contribution in [2.24, 2.45) is 0 Å². The zero-order valence-electron chi connectivity index (χ0n) is 18.4. The third-order valence-electron chi connectivity index (χ3n) is 4.77. The molecule has 4 aromatic heterocycles. The predicted octanol–water partition coefficient (Wildman–Crippen LogP) is 3.29. The van der Waals surface area contributed by atoms with Crippen molar-refractivity contribution in [2.45, 2.75) is 0 Å². The highest BCUT2D eigenvalue weighted by Crippen LogP contribution is 2.31. The van der Waals surface area contributed by atoms with E-state index in [1.165, 1.54) is 12.1 Å². The summed E-state index contributed by atoms with van der Waals surface area (Å²) < 4.78 is 125. The fourth-order valence-corrected chi connectivity index (χ4v) is 3.12. The van der Waals surface area contributed by atoms with Gasteiger partial charge in [-0.05, 0) is 0 Å². The molecule has 0 unspecified atom stereocenters. The minimum Gasteiger partial charge on any atom is -0.436 e. The van der Waals surface area contributed by atoms with Gasteiger partial charge in [-0.15, -0.1) is 9.69 Å². The van der Waals surface area contributed by atoms with Crippen LogP contribution in [0.1, 0.15) is 0 Å². The fourth-order valence-electron chi connectivity index (χ4n) is 3.12. The van der Waals surface area contributed by atoms with Gasteiger partial charge < -0.3 is 8.83 Å². The molecule has 0 atom stereocenters. The van der Waals surface area contributed by atoms with Crippen LogP contribution in [-0.2, 0) is 0 Å². The lowest BCUT2D eigenvalue weighted by molar-refractivity contribution is 0.408. The Morgan fingerprint density at radius 2 is 0.950 bits per heavy atom. The van der Waals surface area contributed by atoms with E-state index in [1.807, 2.05) is 0 Å². The second-order valence-corrected chi connectivity index (χ2v) is 6.93. The van der Waals surface area contributed by atoms with E-state index >= 15 is 0 Å². The minimum absolute atomic E-state index is 1.02. The van der Waals surface area contributed by atoms with Crippen LogP contribution in [0.2, 0.25) is 0 Å². The summed E-state index contributed by atoms with van der Waals surface area (Å²) in [6.45, 7) is 14.1. The minimum atomic E-state index is -2.22. The number of aromatic nitrogens is 4. The molecular weight excluding hydrogens is 560 g/mol. The summed E-state index contributed by atoms with van der Waals surface area (Å²) in [7, 11) is 0. The highest BCUT2D eigenvalue weighted by Gasteiger charge is 2.30. The van der Waals surface area contributed by atoms with E-state index in [4.69, 9.17) is 32.5 Å². The summed E-state index contributed by atoms with van der Waals surface area (Å²) in [5.74, 6) is -18.8. The maximum Gasteiger partial charge on any atom is 0.582 e. The summed E-state index contributed by atoms with van der Waals surface area (Å²) in [6.07, 6.45) is 0. The van der Waals surface area contributed by atoms with Gasteiger partial charge in [-0.25, -0.2) is 27.5 Å². The molecule has 0 N–H and O–H groups in total. The van der Waals surface area contributed by atoms with Gasteiger partial charge in [0.2, 0.25) is 11.0 Å². The molecule has 0 amide bonds. The standard InChI is InChI=1S/C22F8N8O2/c1-33-20(34-2)22-36-13(7-10(25)18(29)38-19(30)11(7)26)15(40-22)14-12(35-21(39-14)5(3-31)4-32)6-8(23)16(27)37-17(28)9(6)24/b15-14+. The molecule has 0 saturated carbocycles. The Hall–Kier alpha value is -6.14. The van der Waals surface area contributed by atoms with Gasteiger partial charge in [0.15, 0.2) is 34.3 Å². The first-order valence-corrected chi connectivity index (χ1v) is 9.71. The van der Waals surface area contributed by atoms with Crippen molar-refractivity contribution in [1.82, 2.24) is 19.9 Å². The third-order valence-corrected chi connectivity index (χ3v) is 4.77. The number of hydrogen-bond acceptors (Lipinski definition) is 8. The van der Waals surface area contributed by atoms with Gasteiger partial charge in [0.05, 0.1) is 11.1 Å². The van der Waals surface area contributed by atoms with Crippen LogP contribution in [0.5, 0.6) is 0 Å². The van der Waals surface area contributed by atoms with Crippen molar-refractivity contribution in [3.05, 3.63) is 91.8 Å². The predicted molar refractivity (Wildman–Crippen MR) is 107 cm³/mol. The van der Waals surface area contributed by atoms with Crippen LogP contribution in [0, 0.1) is 93.7 Å². The molecular formula is C22F8N8O2. The largest absolute Gasteiger partial charge is 0.582 e. The molecule has 0 aliphatic heterocycles. The molecule has 4 rings (SSSR count). The lowest BCUT2D eigenvalue weighted by atomic mass is 10.1. The van der Waals surface area contributed by atoms with E-state index < -0.39 is 103 Å². The number of nitrogens with zero attached hydrogens (tertiary/aromatic N) is 8. The number of oxazole rings is 2. The number of pyridine rings is 2. The summed E-state index contributed by atoms with van der Waals surface area (Å²) in [4.78, 5) is 17.1. The Labute approximate surface area is 213 Å². The van der Waals surface area contributed by atoms with Crippen molar-refractivity contribution >= 4 is 11.4 Å². The van der Waals surface area contributed by atoms with Crippen molar-refractivity contribution in [3.8, 4) is 34.7 Å². The quantitative estimate of drug-likeness (QED) is 0.207. The molecule has 4 aromatic rings. The molecule has 0 aliphatic carbocycles. The van der Waals surface area contributed by atoms with Crippen molar-refractivity contribution in [2.75, 3.05) is 0 Å². The molecule has 10 nitrogen and oxygen atoms in total. The van der Waals surface area contributed by atoms with Gasteiger partial charge in [-0.2, -0.15) is 38.1 Å². The first-order valence-electron chi connectivity index (χ1n) is 9.71. The van der Waals surface area contributed by atoms with Crippen LogP contribution in [0.4, 0.5) is 35.1 Å². The third kappa shape index (κ3) is 4.12. The van der Waals surface area contributed by atoms with Crippen molar-refractivity contribution < 1.29 is 44.0 Å². The van der Waals surface area contributed by atoms with Gasteiger partial charge >= 0.3 is 11.4 Å². The van der Waals surface area contributed by atoms with Crippen LogP contribution in [0.3, 0.4) is 0 Å². The Kier molecular flexibility index (Phi) is 6.70. The van der Waals surface area contributed by atoms with Gasteiger partial charge in [0.1, 0.15) is 36.7 Å². The number of rotatable bonds is 2. The first-order chi connectivity index (χ1) is 19.0.